The van der Waals surface area contributed by atoms with Crippen LogP contribution in [0.15, 0.2) is 22.7 Å². The van der Waals surface area contributed by atoms with Crippen LogP contribution in [0.4, 0.5) is 0 Å². The molecule has 0 unspecified atom stereocenters. The van der Waals surface area contributed by atoms with Gasteiger partial charge < -0.3 is 10.1 Å². The van der Waals surface area contributed by atoms with Gasteiger partial charge in [-0.15, -0.1) is 0 Å². The summed E-state index contributed by atoms with van der Waals surface area (Å²) in [7, 11) is 0. The van der Waals surface area contributed by atoms with Crippen molar-refractivity contribution in [2.75, 3.05) is 13.1 Å². The molecular formula is C13H14BrNO2. The van der Waals surface area contributed by atoms with Crippen LogP contribution in [0.1, 0.15) is 29.6 Å². The van der Waals surface area contributed by atoms with E-state index in [1.54, 1.807) is 0 Å². The average molecular weight is 296 g/mol. The normalized spacial score (nSPS) is 22.1. The van der Waals surface area contributed by atoms with Crippen LogP contribution in [0.2, 0.25) is 0 Å². The molecule has 2 heterocycles. The minimum Gasteiger partial charge on any atom is -0.486 e. The highest BCUT2D eigenvalue weighted by atomic mass is 79.9. The summed E-state index contributed by atoms with van der Waals surface area (Å²) < 4.78 is 7.07. The minimum absolute atomic E-state index is 0.209. The predicted molar refractivity (Wildman–Crippen MR) is 68.6 cm³/mol. The fraction of sp³-hybridized carbons (Fsp3) is 0.462. The number of halogens is 1. The van der Waals surface area contributed by atoms with E-state index in [4.69, 9.17) is 4.74 Å². The number of hydrogen-bond donors (Lipinski definition) is 1. The molecular weight excluding hydrogens is 282 g/mol. The van der Waals surface area contributed by atoms with Gasteiger partial charge in [0, 0.05) is 17.3 Å². The van der Waals surface area contributed by atoms with E-state index in [2.05, 4.69) is 21.2 Å². The summed E-state index contributed by atoms with van der Waals surface area (Å²) in [5.74, 6) is 0.943. The number of nitrogens with one attached hydrogen (secondary N) is 1. The molecule has 1 aromatic rings. The molecule has 0 amide bonds. The molecule has 2 aliphatic heterocycles. The van der Waals surface area contributed by atoms with Crippen molar-refractivity contribution < 1.29 is 9.53 Å². The maximum atomic E-state index is 12.2. The van der Waals surface area contributed by atoms with E-state index >= 15 is 0 Å². The van der Waals surface area contributed by atoms with Gasteiger partial charge in [0.15, 0.2) is 5.78 Å². The minimum atomic E-state index is -0.268. The highest BCUT2D eigenvalue weighted by Gasteiger charge is 2.41. The zero-order valence-corrected chi connectivity index (χ0v) is 11.0. The van der Waals surface area contributed by atoms with Crippen molar-refractivity contribution >= 4 is 21.7 Å². The van der Waals surface area contributed by atoms with Gasteiger partial charge in [0.25, 0.3) is 0 Å². The van der Waals surface area contributed by atoms with E-state index in [9.17, 15) is 4.79 Å². The first-order valence-corrected chi connectivity index (χ1v) is 6.70. The van der Waals surface area contributed by atoms with Crippen molar-refractivity contribution in [3.8, 4) is 5.75 Å². The summed E-state index contributed by atoms with van der Waals surface area (Å²) in [5.41, 5.74) is 0.452. The molecule has 1 fully saturated rings. The molecule has 0 bridgehead atoms. The Hall–Kier alpha value is -0.870. The molecule has 17 heavy (non-hydrogen) atoms. The maximum Gasteiger partial charge on any atom is 0.170 e. The molecule has 1 N–H and O–H groups in total. The number of hydrogen-bond acceptors (Lipinski definition) is 3. The molecule has 3 rings (SSSR count). The molecule has 3 nitrogen and oxygen atoms in total. The number of piperidine rings is 1. The van der Waals surface area contributed by atoms with Crippen molar-refractivity contribution in [3.05, 3.63) is 28.2 Å². The van der Waals surface area contributed by atoms with Gasteiger partial charge in [-0.05, 0) is 31.3 Å². The first-order chi connectivity index (χ1) is 8.19. The zero-order valence-electron chi connectivity index (χ0n) is 9.46. The fourth-order valence-corrected chi connectivity index (χ4v) is 2.97. The third-order valence-electron chi connectivity index (χ3n) is 3.57. The lowest BCUT2D eigenvalue weighted by molar-refractivity contribution is 0.0187. The number of ether oxygens (including phenoxy) is 1. The summed E-state index contributed by atoms with van der Waals surface area (Å²) >= 11 is 3.42. The third kappa shape index (κ3) is 2.00. The van der Waals surface area contributed by atoms with E-state index in [-0.39, 0.29) is 11.4 Å². The predicted octanol–water partition coefficient (Wildman–Crippen LogP) is 2.54. The van der Waals surface area contributed by atoms with Crippen LogP contribution in [0.3, 0.4) is 0 Å². The number of rotatable bonds is 0. The molecule has 0 radical (unpaired) electrons. The lowest BCUT2D eigenvalue weighted by atomic mass is 9.83. The van der Waals surface area contributed by atoms with Crippen LogP contribution in [0.25, 0.3) is 0 Å². The van der Waals surface area contributed by atoms with Crippen LogP contribution in [0.5, 0.6) is 5.75 Å². The number of carbonyl (C=O) groups excluding carboxylic acids is 1. The standard InChI is InChI=1S/C13H14BrNO2/c14-9-1-2-10-11(16)8-13(17-12(10)7-9)3-5-15-6-4-13/h1-2,7,15H,3-6,8H2. The van der Waals surface area contributed by atoms with Crippen LogP contribution < -0.4 is 10.1 Å². The van der Waals surface area contributed by atoms with Gasteiger partial charge >= 0.3 is 0 Å². The number of Topliss-reactive ketones (excluding diaryl/α,β-unsaturated/α-hetero) is 1. The van der Waals surface area contributed by atoms with Gasteiger partial charge in [0.1, 0.15) is 11.4 Å². The van der Waals surface area contributed by atoms with Gasteiger partial charge in [-0.2, -0.15) is 0 Å². The summed E-state index contributed by atoms with van der Waals surface area (Å²) in [6.07, 6.45) is 2.33. The number of fused-ring (bicyclic) bond motifs is 1. The van der Waals surface area contributed by atoms with Crippen LogP contribution >= 0.6 is 15.9 Å². The van der Waals surface area contributed by atoms with Crippen molar-refractivity contribution in [2.24, 2.45) is 0 Å². The van der Waals surface area contributed by atoms with Gasteiger partial charge in [0.2, 0.25) is 0 Å². The monoisotopic (exact) mass is 295 g/mol. The van der Waals surface area contributed by atoms with Gasteiger partial charge in [0.05, 0.1) is 12.0 Å². The van der Waals surface area contributed by atoms with Crippen molar-refractivity contribution in [1.82, 2.24) is 5.32 Å². The van der Waals surface area contributed by atoms with Crippen LogP contribution in [-0.2, 0) is 0 Å². The van der Waals surface area contributed by atoms with Crippen LogP contribution in [-0.4, -0.2) is 24.5 Å². The lowest BCUT2D eigenvalue weighted by Gasteiger charge is -2.40. The highest BCUT2D eigenvalue weighted by Crippen LogP contribution is 2.39. The number of ketones is 1. The molecule has 0 aromatic heterocycles. The molecule has 1 spiro atoms. The molecule has 2 aliphatic rings. The van der Waals surface area contributed by atoms with Gasteiger partial charge in [-0.25, -0.2) is 0 Å². The average Bonchev–Trinajstić information content (AvgIpc) is 2.29. The van der Waals surface area contributed by atoms with Crippen LogP contribution in [0, 0.1) is 0 Å². The fourth-order valence-electron chi connectivity index (χ4n) is 2.63. The summed E-state index contributed by atoms with van der Waals surface area (Å²) in [6.45, 7) is 1.85. The molecule has 90 valence electrons. The second-order valence-corrected chi connectivity index (χ2v) is 5.69. The Bertz CT molecular complexity index is 466. The first-order valence-electron chi connectivity index (χ1n) is 5.91. The number of benzene rings is 1. The molecule has 4 heteroatoms. The van der Waals surface area contributed by atoms with E-state index in [1.807, 2.05) is 18.2 Å². The Balaban J connectivity index is 1.98. The first kappa shape index (κ1) is 11.2. The molecule has 1 saturated heterocycles. The van der Waals surface area contributed by atoms with E-state index in [0.717, 1.165) is 41.7 Å². The van der Waals surface area contributed by atoms with Gasteiger partial charge in [-0.1, -0.05) is 15.9 Å². The van der Waals surface area contributed by atoms with Crippen molar-refractivity contribution in [3.63, 3.8) is 0 Å². The van der Waals surface area contributed by atoms with Gasteiger partial charge in [-0.3, -0.25) is 4.79 Å². The van der Waals surface area contributed by atoms with Crippen molar-refractivity contribution in [1.29, 1.82) is 0 Å². The van der Waals surface area contributed by atoms with E-state index in [1.165, 1.54) is 0 Å². The SMILES string of the molecule is O=C1CC2(CCNCC2)Oc2cc(Br)ccc21. The van der Waals surface area contributed by atoms with Crippen molar-refractivity contribution in [2.45, 2.75) is 24.9 Å². The molecule has 0 aliphatic carbocycles. The Morgan fingerprint density at radius 3 is 2.82 bits per heavy atom. The molecule has 0 atom stereocenters. The topological polar surface area (TPSA) is 38.3 Å². The smallest absolute Gasteiger partial charge is 0.170 e. The molecule has 0 saturated carbocycles. The second-order valence-electron chi connectivity index (χ2n) is 4.78. The lowest BCUT2D eigenvalue weighted by Crippen LogP contribution is -2.49. The second kappa shape index (κ2) is 4.10. The zero-order chi connectivity index (χ0) is 11.9. The Labute approximate surface area is 109 Å². The summed E-state index contributed by atoms with van der Waals surface area (Å²) in [5, 5.41) is 3.31. The summed E-state index contributed by atoms with van der Waals surface area (Å²) in [4.78, 5) is 12.2. The highest BCUT2D eigenvalue weighted by molar-refractivity contribution is 9.10. The summed E-state index contributed by atoms with van der Waals surface area (Å²) in [6, 6.07) is 5.63. The maximum absolute atomic E-state index is 12.2. The van der Waals surface area contributed by atoms with E-state index in [0.29, 0.717) is 6.42 Å². The Morgan fingerprint density at radius 2 is 2.06 bits per heavy atom. The molecule has 1 aromatic carbocycles. The third-order valence-corrected chi connectivity index (χ3v) is 4.06. The number of carbonyl (C=O) groups is 1. The van der Waals surface area contributed by atoms with E-state index < -0.39 is 0 Å². The Morgan fingerprint density at radius 1 is 1.29 bits per heavy atom. The Kier molecular flexibility index (Phi) is 2.71. The largest absolute Gasteiger partial charge is 0.486 e. The quantitative estimate of drug-likeness (QED) is 0.799.